The van der Waals surface area contributed by atoms with Crippen LogP contribution in [-0.4, -0.2) is 18.3 Å². The van der Waals surface area contributed by atoms with Crippen molar-refractivity contribution in [1.82, 2.24) is 5.32 Å². The molecule has 0 saturated heterocycles. The van der Waals surface area contributed by atoms with Gasteiger partial charge in [0.05, 0.1) is 8.55 Å². The standard InChI is InChI=1S/C11H16ClNS2/c1-13-8-2-4-9(5-3-8)14-11-7-6-10(12)15-11/h6-9,13H,2-5H2,1H3. The van der Waals surface area contributed by atoms with Crippen LogP contribution in [0.1, 0.15) is 25.7 Å². The second kappa shape index (κ2) is 5.58. The molecule has 0 amide bonds. The van der Waals surface area contributed by atoms with Crippen LogP contribution in [0.15, 0.2) is 16.3 Å². The maximum absolute atomic E-state index is 5.92. The van der Waals surface area contributed by atoms with Crippen LogP contribution in [0.4, 0.5) is 0 Å². The number of thiophene rings is 1. The van der Waals surface area contributed by atoms with Crippen LogP contribution in [0.2, 0.25) is 4.34 Å². The Hall–Kier alpha value is 0.300. The maximum atomic E-state index is 5.92. The fourth-order valence-corrected chi connectivity index (χ4v) is 4.76. The molecule has 0 atom stereocenters. The van der Waals surface area contributed by atoms with Crippen molar-refractivity contribution >= 4 is 34.7 Å². The molecule has 1 N–H and O–H groups in total. The third-order valence-electron chi connectivity index (χ3n) is 2.91. The highest BCUT2D eigenvalue weighted by molar-refractivity contribution is 8.01. The molecule has 0 bridgehead atoms. The van der Waals surface area contributed by atoms with Gasteiger partial charge in [0.15, 0.2) is 0 Å². The van der Waals surface area contributed by atoms with Crippen molar-refractivity contribution in [3.8, 4) is 0 Å². The van der Waals surface area contributed by atoms with Crippen LogP contribution >= 0.6 is 34.7 Å². The summed E-state index contributed by atoms with van der Waals surface area (Å²) in [5.41, 5.74) is 0. The van der Waals surface area contributed by atoms with Crippen molar-refractivity contribution in [3.63, 3.8) is 0 Å². The average Bonchev–Trinajstić information content (AvgIpc) is 2.65. The van der Waals surface area contributed by atoms with Gasteiger partial charge in [-0.05, 0) is 44.9 Å². The summed E-state index contributed by atoms with van der Waals surface area (Å²) in [5.74, 6) is 0. The van der Waals surface area contributed by atoms with Crippen LogP contribution in [0.3, 0.4) is 0 Å². The third kappa shape index (κ3) is 3.38. The van der Waals surface area contributed by atoms with Gasteiger partial charge in [0.1, 0.15) is 0 Å². The van der Waals surface area contributed by atoms with E-state index in [1.165, 1.54) is 29.9 Å². The maximum Gasteiger partial charge on any atom is 0.0940 e. The van der Waals surface area contributed by atoms with Gasteiger partial charge < -0.3 is 5.32 Å². The molecular formula is C11H16ClNS2. The van der Waals surface area contributed by atoms with Crippen molar-refractivity contribution in [2.45, 2.75) is 41.2 Å². The molecule has 0 spiro atoms. The summed E-state index contributed by atoms with van der Waals surface area (Å²) in [6.07, 6.45) is 5.28. The number of rotatable bonds is 3. The van der Waals surface area contributed by atoms with Gasteiger partial charge in [-0.3, -0.25) is 0 Å². The van der Waals surface area contributed by atoms with Gasteiger partial charge >= 0.3 is 0 Å². The Morgan fingerprint density at radius 3 is 2.60 bits per heavy atom. The van der Waals surface area contributed by atoms with E-state index in [-0.39, 0.29) is 0 Å². The van der Waals surface area contributed by atoms with E-state index < -0.39 is 0 Å². The van der Waals surface area contributed by atoms with E-state index >= 15 is 0 Å². The molecule has 1 heterocycles. The van der Waals surface area contributed by atoms with Gasteiger partial charge in [-0.25, -0.2) is 0 Å². The first-order valence-electron chi connectivity index (χ1n) is 5.37. The van der Waals surface area contributed by atoms with Crippen molar-refractivity contribution in [2.75, 3.05) is 7.05 Å². The zero-order chi connectivity index (χ0) is 10.7. The first kappa shape index (κ1) is 11.8. The SMILES string of the molecule is CNC1CCC(Sc2ccc(Cl)s2)CC1. The summed E-state index contributed by atoms with van der Waals surface area (Å²) in [4.78, 5) is 0. The highest BCUT2D eigenvalue weighted by Gasteiger charge is 2.20. The topological polar surface area (TPSA) is 12.0 Å². The van der Waals surface area contributed by atoms with Gasteiger partial charge in [0.25, 0.3) is 0 Å². The minimum Gasteiger partial charge on any atom is -0.317 e. The molecule has 2 rings (SSSR count). The van der Waals surface area contributed by atoms with Crippen molar-refractivity contribution < 1.29 is 0 Å². The van der Waals surface area contributed by atoms with Crippen LogP contribution in [0.5, 0.6) is 0 Å². The van der Waals surface area contributed by atoms with Crippen molar-refractivity contribution in [1.29, 1.82) is 0 Å². The molecule has 84 valence electrons. The lowest BCUT2D eigenvalue weighted by Gasteiger charge is -2.27. The van der Waals surface area contributed by atoms with E-state index in [4.69, 9.17) is 11.6 Å². The number of halogens is 1. The molecule has 1 aliphatic rings. The fraction of sp³-hybridized carbons (Fsp3) is 0.636. The number of hydrogen-bond acceptors (Lipinski definition) is 3. The lowest BCUT2D eigenvalue weighted by Crippen LogP contribution is -2.30. The number of hydrogen-bond donors (Lipinski definition) is 1. The van der Waals surface area contributed by atoms with Gasteiger partial charge in [-0.1, -0.05) is 11.6 Å². The molecule has 0 aliphatic heterocycles. The van der Waals surface area contributed by atoms with E-state index in [0.29, 0.717) is 0 Å². The molecule has 4 heteroatoms. The lowest BCUT2D eigenvalue weighted by molar-refractivity contribution is 0.402. The third-order valence-corrected chi connectivity index (χ3v) is 5.65. The highest BCUT2D eigenvalue weighted by Crippen LogP contribution is 2.38. The second-order valence-corrected chi connectivity index (χ2v) is 7.25. The van der Waals surface area contributed by atoms with Gasteiger partial charge in [-0.15, -0.1) is 23.1 Å². The molecule has 0 unspecified atom stereocenters. The predicted molar refractivity (Wildman–Crippen MR) is 70.3 cm³/mol. The van der Waals surface area contributed by atoms with Crippen LogP contribution in [0, 0.1) is 0 Å². The average molecular weight is 262 g/mol. The Labute approximate surface area is 105 Å². The zero-order valence-electron chi connectivity index (χ0n) is 8.83. The van der Waals surface area contributed by atoms with Crippen LogP contribution in [0.25, 0.3) is 0 Å². The van der Waals surface area contributed by atoms with Gasteiger partial charge in [0, 0.05) is 11.3 Å². The molecule has 1 nitrogen and oxygen atoms in total. The van der Waals surface area contributed by atoms with E-state index in [9.17, 15) is 0 Å². The Morgan fingerprint density at radius 2 is 2.07 bits per heavy atom. The normalized spacial score (nSPS) is 26.8. The lowest BCUT2D eigenvalue weighted by atomic mass is 9.95. The Morgan fingerprint density at radius 1 is 1.33 bits per heavy atom. The first-order valence-corrected chi connectivity index (χ1v) is 7.44. The Bertz CT molecular complexity index is 305. The minimum absolute atomic E-state index is 0.744. The molecule has 0 radical (unpaired) electrons. The van der Waals surface area contributed by atoms with Gasteiger partial charge in [0.2, 0.25) is 0 Å². The first-order chi connectivity index (χ1) is 7.28. The van der Waals surface area contributed by atoms with Crippen LogP contribution in [-0.2, 0) is 0 Å². The zero-order valence-corrected chi connectivity index (χ0v) is 11.2. The van der Waals surface area contributed by atoms with E-state index in [1.54, 1.807) is 11.3 Å². The van der Waals surface area contributed by atoms with Crippen molar-refractivity contribution in [2.24, 2.45) is 0 Å². The Balaban J connectivity index is 1.82. The molecule has 1 saturated carbocycles. The summed E-state index contributed by atoms with van der Waals surface area (Å²) in [7, 11) is 2.07. The quantitative estimate of drug-likeness (QED) is 0.882. The van der Waals surface area contributed by atoms with Crippen LogP contribution < -0.4 is 5.32 Å². The second-order valence-electron chi connectivity index (χ2n) is 3.94. The molecule has 1 aliphatic carbocycles. The molecule has 1 aromatic heterocycles. The summed E-state index contributed by atoms with van der Waals surface area (Å²) >= 11 is 9.62. The van der Waals surface area contributed by atoms with Crippen molar-refractivity contribution in [3.05, 3.63) is 16.5 Å². The van der Waals surface area contributed by atoms with Gasteiger partial charge in [-0.2, -0.15) is 0 Å². The molecule has 15 heavy (non-hydrogen) atoms. The van der Waals surface area contributed by atoms with E-state index in [1.807, 2.05) is 17.8 Å². The summed E-state index contributed by atoms with van der Waals surface area (Å²) < 4.78 is 2.27. The highest BCUT2D eigenvalue weighted by atomic mass is 35.5. The van der Waals surface area contributed by atoms with E-state index in [0.717, 1.165) is 15.6 Å². The Kier molecular flexibility index (Phi) is 4.38. The summed E-state index contributed by atoms with van der Waals surface area (Å²) in [5, 5.41) is 4.16. The monoisotopic (exact) mass is 261 g/mol. The summed E-state index contributed by atoms with van der Waals surface area (Å²) in [6, 6.07) is 4.88. The van der Waals surface area contributed by atoms with E-state index in [2.05, 4.69) is 18.4 Å². The molecule has 1 fully saturated rings. The smallest absolute Gasteiger partial charge is 0.0940 e. The fourth-order valence-electron chi connectivity index (χ4n) is 1.99. The predicted octanol–water partition coefficient (Wildman–Crippen LogP) is 4.02. The summed E-state index contributed by atoms with van der Waals surface area (Å²) in [6.45, 7) is 0. The minimum atomic E-state index is 0.744. The molecule has 1 aromatic rings. The molecular weight excluding hydrogens is 246 g/mol. The largest absolute Gasteiger partial charge is 0.317 e. The molecule has 0 aromatic carbocycles. The number of nitrogens with one attached hydrogen (secondary N) is 1. The number of thioether (sulfide) groups is 1.